The second-order valence-electron chi connectivity index (χ2n) is 5.46. The average Bonchev–Trinajstić information content (AvgIpc) is 2.48. The Bertz CT molecular complexity index is 481. The van der Waals surface area contributed by atoms with E-state index in [1.807, 2.05) is 19.1 Å². The summed E-state index contributed by atoms with van der Waals surface area (Å²) < 4.78 is 0. The molecule has 3 N–H and O–H groups in total. The smallest absolute Gasteiger partial charge is 0.253 e. The molecule has 116 valence electrons. The summed E-state index contributed by atoms with van der Waals surface area (Å²) in [6.07, 6.45) is 1.18. The van der Waals surface area contributed by atoms with E-state index in [9.17, 15) is 4.79 Å². The van der Waals surface area contributed by atoms with Crippen LogP contribution in [0.3, 0.4) is 0 Å². The zero-order valence-corrected chi connectivity index (χ0v) is 13.1. The molecule has 0 bridgehead atoms. The third-order valence-corrected chi connectivity index (χ3v) is 3.86. The van der Waals surface area contributed by atoms with Gasteiger partial charge in [-0.1, -0.05) is 6.92 Å². The quantitative estimate of drug-likeness (QED) is 0.808. The molecule has 1 aromatic carbocycles. The third kappa shape index (κ3) is 3.88. The summed E-state index contributed by atoms with van der Waals surface area (Å²) in [5.74, 6) is -0.0245. The van der Waals surface area contributed by atoms with Gasteiger partial charge in [0.25, 0.3) is 5.91 Å². The fraction of sp³-hybridized carbons (Fsp3) is 0.562. The number of benzene rings is 1. The van der Waals surface area contributed by atoms with Crippen LogP contribution in [-0.2, 0) is 0 Å². The van der Waals surface area contributed by atoms with E-state index < -0.39 is 0 Å². The second kappa shape index (κ2) is 7.31. The van der Waals surface area contributed by atoms with E-state index in [1.165, 1.54) is 6.42 Å². The monoisotopic (exact) mass is 290 g/mol. The number of anilines is 2. The predicted octanol–water partition coefficient (Wildman–Crippen LogP) is 1.55. The van der Waals surface area contributed by atoms with Gasteiger partial charge in [-0.25, -0.2) is 0 Å². The van der Waals surface area contributed by atoms with Crippen molar-refractivity contribution >= 4 is 17.3 Å². The van der Waals surface area contributed by atoms with Crippen molar-refractivity contribution in [1.82, 2.24) is 10.2 Å². The second-order valence-corrected chi connectivity index (χ2v) is 5.46. The number of carbonyl (C=O) groups excluding carboxylic acids is 1. The van der Waals surface area contributed by atoms with Gasteiger partial charge in [-0.15, -0.1) is 0 Å². The van der Waals surface area contributed by atoms with Crippen LogP contribution < -0.4 is 16.0 Å². The number of piperazine rings is 1. The van der Waals surface area contributed by atoms with Gasteiger partial charge >= 0.3 is 0 Å². The molecule has 0 saturated carbocycles. The van der Waals surface area contributed by atoms with Gasteiger partial charge < -0.3 is 16.0 Å². The van der Waals surface area contributed by atoms with E-state index in [-0.39, 0.29) is 5.91 Å². The number of rotatable bonds is 5. The molecule has 5 nitrogen and oxygen atoms in total. The van der Waals surface area contributed by atoms with Gasteiger partial charge in [0.1, 0.15) is 0 Å². The maximum Gasteiger partial charge on any atom is 0.253 e. The summed E-state index contributed by atoms with van der Waals surface area (Å²) in [5.41, 5.74) is 8.29. The fourth-order valence-electron chi connectivity index (χ4n) is 2.79. The van der Waals surface area contributed by atoms with E-state index in [4.69, 9.17) is 5.73 Å². The highest BCUT2D eigenvalue weighted by molar-refractivity contribution is 6.00. The lowest BCUT2D eigenvalue weighted by molar-refractivity contribution is 0.0956. The number of nitrogens with two attached hydrogens (primary N) is 1. The molecule has 21 heavy (non-hydrogen) atoms. The highest BCUT2D eigenvalue weighted by atomic mass is 16.1. The van der Waals surface area contributed by atoms with Gasteiger partial charge in [0, 0.05) is 38.4 Å². The molecule has 1 aliphatic heterocycles. The lowest BCUT2D eigenvalue weighted by Crippen LogP contribution is -2.47. The molecule has 2 rings (SSSR count). The first kappa shape index (κ1) is 15.6. The first-order valence-corrected chi connectivity index (χ1v) is 7.80. The molecule has 0 aliphatic carbocycles. The molecule has 1 saturated heterocycles. The van der Waals surface area contributed by atoms with Crippen LogP contribution in [0.25, 0.3) is 0 Å². The summed E-state index contributed by atoms with van der Waals surface area (Å²) in [6, 6.07) is 5.54. The largest absolute Gasteiger partial charge is 0.399 e. The van der Waals surface area contributed by atoms with Crippen molar-refractivity contribution in [3.8, 4) is 0 Å². The Hall–Kier alpha value is -1.75. The van der Waals surface area contributed by atoms with E-state index in [0.29, 0.717) is 12.2 Å². The number of nitrogens with one attached hydrogen (secondary N) is 1. The molecule has 0 spiro atoms. The van der Waals surface area contributed by atoms with Gasteiger partial charge in [-0.3, -0.25) is 9.69 Å². The Morgan fingerprint density at radius 2 is 1.95 bits per heavy atom. The first-order valence-electron chi connectivity index (χ1n) is 7.80. The molecule has 0 atom stereocenters. The van der Waals surface area contributed by atoms with Crippen molar-refractivity contribution in [2.24, 2.45) is 0 Å². The van der Waals surface area contributed by atoms with Gasteiger partial charge in [0.2, 0.25) is 0 Å². The molecule has 5 heteroatoms. The summed E-state index contributed by atoms with van der Waals surface area (Å²) in [5, 5.41) is 2.87. The number of hydrogen-bond acceptors (Lipinski definition) is 4. The van der Waals surface area contributed by atoms with Crippen molar-refractivity contribution in [2.45, 2.75) is 20.3 Å². The third-order valence-electron chi connectivity index (χ3n) is 3.86. The van der Waals surface area contributed by atoms with Gasteiger partial charge in [-0.05, 0) is 38.1 Å². The van der Waals surface area contributed by atoms with Crippen LogP contribution in [0.4, 0.5) is 11.4 Å². The topological polar surface area (TPSA) is 61.6 Å². The molecule has 1 amide bonds. The minimum Gasteiger partial charge on any atom is -0.399 e. The number of hydrogen-bond donors (Lipinski definition) is 2. The van der Waals surface area contributed by atoms with Crippen LogP contribution in [0.5, 0.6) is 0 Å². The Labute approximate surface area is 127 Å². The van der Waals surface area contributed by atoms with Crippen LogP contribution in [-0.4, -0.2) is 50.1 Å². The highest BCUT2D eigenvalue weighted by Gasteiger charge is 2.21. The van der Waals surface area contributed by atoms with Crippen LogP contribution in [0, 0.1) is 0 Å². The van der Waals surface area contributed by atoms with Crippen LogP contribution >= 0.6 is 0 Å². The number of carbonyl (C=O) groups is 1. The zero-order chi connectivity index (χ0) is 15.2. The summed E-state index contributed by atoms with van der Waals surface area (Å²) in [7, 11) is 0. The molecule has 1 aliphatic rings. The zero-order valence-electron chi connectivity index (χ0n) is 13.1. The SMILES string of the molecule is CCCN1CCN(c2cc(N)ccc2C(=O)NCC)CC1. The minimum absolute atomic E-state index is 0.0245. The minimum atomic E-state index is -0.0245. The molecule has 1 fully saturated rings. The van der Waals surface area contributed by atoms with Crippen molar-refractivity contribution in [2.75, 3.05) is 49.9 Å². The van der Waals surface area contributed by atoms with Gasteiger partial charge in [0.15, 0.2) is 0 Å². The van der Waals surface area contributed by atoms with Gasteiger partial charge in [-0.2, -0.15) is 0 Å². The maximum atomic E-state index is 12.2. The molecular weight excluding hydrogens is 264 g/mol. The van der Waals surface area contributed by atoms with E-state index in [1.54, 1.807) is 6.07 Å². The van der Waals surface area contributed by atoms with E-state index in [2.05, 4.69) is 22.0 Å². The van der Waals surface area contributed by atoms with Crippen molar-refractivity contribution in [1.29, 1.82) is 0 Å². The summed E-state index contributed by atoms with van der Waals surface area (Å²) >= 11 is 0. The molecule has 0 unspecified atom stereocenters. The maximum absolute atomic E-state index is 12.2. The lowest BCUT2D eigenvalue weighted by Gasteiger charge is -2.36. The number of amides is 1. The average molecular weight is 290 g/mol. The summed E-state index contributed by atoms with van der Waals surface area (Å²) in [6.45, 7) is 9.87. The number of nitrogen functional groups attached to an aromatic ring is 1. The van der Waals surface area contributed by atoms with Gasteiger partial charge in [0.05, 0.1) is 11.3 Å². The fourth-order valence-corrected chi connectivity index (χ4v) is 2.79. The normalized spacial score (nSPS) is 16.0. The molecule has 0 radical (unpaired) electrons. The summed E-state index contributed by atoms with van der Waals surface area (Å²) in [4.78, 5) is 16.9. The first-order chi connectivity index (χ1) is 10.2. The Kier molecular flexibility index (Phi) is 5.44. The van der Waals surface area contributed by atoms with Crippen molar-refractivity contribution < 1.29 is 4.79 Å². The molecule has 1 aromatic rings. The number of nitrogens with zero attached hydrogens (tertiary/aromatic N) is 2. The predicted molar refractivity (Wildman–Crippen MR) is 87.8 cm³/mol. The van der Waals surface area contributed by atoms with Crippen molar-refractivity contribution in [3.05, 3.63) is 23.8 Å². The standard InChI is InChI=1S/C16H26N4O/c1-3-7-19-8-10-20(11-9-19)15-12-13(17)5-6-14(15)16(21)18-4-2/h5-6,12H,3-4,7-11,17H2,1-2H3,(H,18,21). The Morgan fingerprint density at radius 1 is 1.24 bits per heavy atom. The van der Waals surface area contributed by atoms with Crippen molar-refractivity contribution in [3.63, 3.8) is 0 Å². The lowest BCUT2D eigenvalue weighted by atomic mass is 10.1. The van der Waals surface area contributed by atoms with Crippen LogP contribution in [0.2, 0.25) is 0 Å². The molecular formula is C16H26N4O. The molecule has 0 aromatic heterocycles. The highest BCUT2D eigenvalue weighted by Crippen LogP contribution is 2.25. The van der Waals surface area contributed by atoms with E-state index in [0.717, 1.165) is 44.0 Å². The Morgan fingerprint density at radius 3 is 2.57 bits per heavy atom. The Balaban J connectivity index is 2.15. The van der Waals surface area contributed by atoms with E-state index >= 15 is 0 Å². The van der Waals surface area contributed by atoms with Crippen LogP contribution in [0.15, 0.2) is 18.2 Å². The van der Waals surface area contributed by atoms with Crippen LogP contribution in [0.1, 0.15) is 30.6 Å². The molecule has 1 heterocycles.